The molecule has 0 spiro atoms. The lowest BCUT2D eigenvalue weighted by Gasteiger charge is -2.19. The molecule has 0 fully saturated rings. The van der Waals surface area contributed by atoms with Crippen molar-refractivity contribution in [3.8, 4) is 44.8 Å². The molecule has 0 aliphatic carbocycles. The SMILES string of the molecule is Cc1cccc(C)c1-c1cc(-c2c3ccccc3c(-c3ccnc(-c4c(C)cccc4C)c3)c3ccccc23)ccn1. The summed E-state index contributed by atoms with van der Waals surface area (Å²) in [5.74, 6) is 0. The van der Waals surface area contributed by atoms with Crippen LogP contribution in [0.4, 0.5) is 0 Å². The van der Waals surface area contributed by atoms with Crippen molar-refractivity contribution in [1.29, 1.82) is 0 Å². The summed E-state index contributed by atoms with van der Waals surface area (Å²) in [5, 5.41) is 4.93. The molecule has 2 nitrogen and oxygen atoms in total. The van der Waals surface area contributed by atoms with E-state index in [1.807, 2.05) is 12.4 Å². The zero-order valence-corrected chi connectivity index (χ0v) is 24.4. The molecule has 0 amide bonds. The highest BCUT2D eigenvalue weighted by Gasteiger charge is 2.18. The summed E-state index contributed by atoms with van der Waals surface area (Å²) in [6, 6.07) is 39.3. The molecule has 0 atom stereocenters. The first-order valence-corrected chi connectivity index (χ1v) is 14.5. The van der Waals surface area contributed by atoms with Gasteiger partial charge in [-0.15, -0.1) is 0 Å². The minimum Gasteiger partial charge on any atom is -0.256 e. The molecule has 2 heteroatoms. The maximum Gasteiger partial charge on any atom is 0.0713 e. The Balaban J connectivity index is 1.51. The molecular formula is C40H32N2. The molecule has 0 saturated carbocycles. The summed E-state index contributed by atoms with van der Waals surface area (Å²) >= 11 is 0. The Morgan fingerprint density at radius 2 is 0.690 bits per heavy atom. The lowest BCUT2D eigenvalue weighted by atomic mass is 9.85. The van der Waals surface area contributed by atoms with Gasteiger partial charge in [-0.1, -0.05) is 84.9 Å². The van der Waals surface area contributed by atoms with Gasteiger partial charge < -0.3 is 0 Å². The third kappa shape index (κ3) is 4.28. The van der Waals surface area contributed by atoms with Crippen molar-refractivity contribution in [1.82, 2.24) is 9.97 Å². The van der Waals surface area contributed by atoms with Crippen LogP contribution in [0.2, 0.25) is 0 Å². The number of nitrogens with zero attached hydrogens (tertiary/aromatic N) is 2. The van der Waals surface area contributed by atoms with E-state index in [1.54, 1.807) is 0 Å². The van der Waals surface area contributed by atoms with Gasteiger partial charge in [-0.2, -0.15) is 0 Å². The van der Waals surface area contributed by atoms with Crippen molar-refractivity contribution >= 4 is 21.5 Å². The second-order valence-electron chi connectivity index (χ2n) is 11.2. The fourth-order valence-corrected chi connectivity index (χ4v) is 6.63. The molecule has 0 saturated heterocycles. The van der Waals surface area contributed by atoms with Crippen molar-refractivity contribution < 1.29 is 0 Å². The van der Waals surface area contributed by atoms with Crippen LogP contribution >= 0.6 is 0 Å². The lowest BCUT2D eigenvalue weighted by molar-refractivity contribution is 1.28. The molecule has 2 heterocycles. The number of rotatable bonds is 4. The van der Waals surface area contributed by atoms with Gasteiger partial charge in [0.2, 0.25) is 0 Å². The number of fused-ring (bicyclic) bond motifs is 2. The van der Waals surface area contributed by atoms with E-state index in [9.17, 15) is 0 Å². The molecule has 2 aromatic heterocycles. The molecular weight excluding hydrogens is 508 g/mol. The van der Waals surface area contributed by atoms with Crippen LogP contribution in [0.3, 0.4) is 0 Å². The molecule has 0 unspecified atom stereocenters. The number of aromatic nitrogens is 2. The third-order valence-corrected chi connectivity index (χ3v) is 8.50. The number of aryl methyl sites for hydroxylation is 4. The van der Waals surface area contributed by atoms with Gasteiger partial charge in [0.25, 0.3) is 0 Å². The van der Waals surface area contributed by atoms with Crippen molar-refractivity contribution in [2.45, 2.75) is 27.7 Å². The monoisotopic (exact) mass is 540 g/mol. The van der Waals surface area contributed by atoms with Gasteiger partial charge in [0.05, 0.1) is 11.4 Å². The van der Waals surface area contributed by atoms with Crippen LogP contribution in [0.25, 0.3) is 66.3 Å². The molecule has 5 aromatic carbocycles. The van der Waals surface area contributed by atoms with E-state index in [0.717, 1.165) is 11.4 Å². The second kappa shape index (κ2) is 10.4. The van der Waals surface area contributed by atoms with Gasteiger partial charge in [0, 0.05) is 23.5 Å². The smallest absolute Gasteiger partial charge is 0.0713 e. The van der Waals surface area contributed by atoms with Crippen LogP contribution in [0.5, 0.6) is 0 Å². The third-order valence-electron chi connectivity index (χ3n) is 8.50. The summed E-state index contributed by atoms with van der Waals surface area (Å²) in [4.78, 5) is 9.66. The van der Waals surface area contributed by atoms with Crippen LogP contribution in [-0.2, 0) is 0 Å². The van der Waals surface area contributed by atoms with Gasteiger partial charge in [-0.25, -0.2) is 0 Å². The molecule has 0 aliphatic heterocycles. The number of hydrogen-bond acceptors (Lipinski definition) is 2. The summed E-state index contributed by atoms with van der Waals surface area (Å²) in [6.07, 6.45) is 3.90. The van der Waals surface area contributed by atoms with E-state index in [0.29, 0.717) is 0 Å². The molecule has 0 N–H and O–H groups in total. The van der Waals surface area contributed by atoms with Crippen LogP contribution in [0.1, 0.15) is 22.3 Å². The van der Waals surface area contributed by atoms with Gasteiger partial charge in [0.15, 0.2) is 0 Å². The first kappa shape index (κ1) is 25.9. The van der Waals surface area contributed by atoms with Crippen molar-refractivity contribution in [3.63, 3.8) is 0 Å². The van der Waals surface area contributed by atoms with E-state index in [2.05, 4.69) is 137 Å². The maximum absolute atomic E-state index is 4.83. The van der Waals surface area contributed by atoms with Gasteiger partial charge in [-0.05, 0) is 118 Å². The van der Waals surface area contributed by atoms with E-state index in [1.165, 1.54) is 77.2 Å². The maximum atomic E-state index is 4.83. The van der Waals surface area contributed by atoms with E-state index >= 15 is 0 Å². The summed E-state index contributed by atoms with van der Waals surface area (Å²) < 4.78 is 0. The normalized spacial score (nSPS) is 11.3. The zero-order valence-electron chi connectivity index (χ0n) is 24.4. The first-order valence-electron chi connectivity index (χ1n) is 14.5. The van der Waals surface area contributed by atoms with Gasteiger partial charge in [0.1, 0.15) is 0 Å². The Morgan fingerprint density at radius 3 is 1.02 bits per heavy atom. The van der Waals surface area contributed by atoms with Crippen LogP contribution in [-0.4, -0.2) is 9.97 Å². The number of pyridine rings is 2. The standard InChI is InChI=1S/C40H32N2/c1-25-11-9-12-26(2)37(25)35-23-29(19-21-41-35)39-31-15-5-7-17-33(31)40(34-18-8-6-16-32(34)39)30-20-22-42-36(24-30)38-27(3)13-10-14-28(38)4/h5-24H,1-4H3. The molecule has 0 aliphatic rings. The van der Waals surface area contributed by atoms with Crippen molar-refractivity contribution in [2.75, 3.05) is 0 Å². The molecule has 42 heavy (non-hydrogen) atoms. The highest BCUT2D eigenvalue weighted by Crippen LogP contribution is 2.44. The Kier molecular flexibility index (Phi) is 6.40. The summed E-state index contributed by atoms with van der Waals surface area (Å²) in [5.41, 5.74) is 14.2. The average molecular weight is 541 g/mol. The quantitative estimate of drug-likeness (QED) is 0.208. The Bertz CT molecular complexity index is 1890. The second-order valence-corrected chi connectivity index (χ2v) is 11.2. The average Bonchev–Trinajstić information content (AvgIpc) is 3.00. The van der Waals surface area contributed by atoms with Gasteiger partial charge in [-0.3, -0.25) is 9.97 Å². The largest absolute Gasteiger partial charge is 0.256 e. The van der Waals surface area contributed by atoms with E-state index in [-0.39, 0.29) is 0 Å². The van der Waals surface area contributed by atoms with Crippen LogP contribution in [0.15, 0.2) is 122 Å². The fourth-order valence-electron chi connectivity index (χ4n) is 6.63. The van der Waals surface area contributed by atoms with Crippen molar-refractivity contribution in [2.24, 2.45) is 0 Å². The summed E-state index contributed by atoms with van der Waals surface area (Å²) in [7, 11) is 0. The minimum absolute atomic E-state index is 1.01. The van der Waals surface area contributed by atoms with Crippen LogP contribution < -0.4 is 0 Å². The Hall–Kier alpha value is -5.08. The minimum atomic E-state index is 1.01. The van der Waals surface area contributed by atoms with Crippen LogP contribution in [0, 0.1) is 27.7 Å². The topological polar surface area (TPSA) is 25.8 Å². The number of benzene rings is 5. The molecule has 7 rings (SSSR count). The molecule has 7 aromatic rings. The molecule has 202 valence electrons. The number of hydrogen-bond donors (Lipinski definition) is 0. The first-order chi connectivity index (χ1) is 20.5. The zero-order chi connectivity index (χ0) is 28.8. The fraction of sp³-hybridized carbons (Fsp3) is 0.100. The van der Waals surface area contributed by atoms with E-state index < -0.39 is 0 Å². The lowest BCUT2D eigenvalue weighted by Crippen LogP contribution is -1.95. The Morgan fingerprint density at radius 1 is 0.357 bits per heavy atom. The molecule has 0 radical (unpaired) electrons. The van der Waals surface area contributed by atoms with Crippen molar-refractivity contribution in [3.05, 3.63) is 144 Å². The highest BCUT2D eigenvalue weighted by molar-refractivity contribution is 6.21. The van der Waals surface area contributed by atoms with Gasteiger partial charge >= 0.3 is 0 Å². The Labute approximate surface area is 247 Å². The predicted octanol–water partition coefficient (Wildman–Crippen LogP) is 10.7. The van der Waals surface area contributed by atoms with E-state index in [4.69, 9.17) is 9.97 Å². The predicted molar refractivity (Wildman–Crippen MR) is 178 cm³/mol. The highest BCUT2D eigenvalue weighted by atomic mass is 14.7. The summed E-state index contributed by atoms with van der Waals surface area (Å²) in [6.45, 7) is 8.66. The molecule has 0 bridgehead atoms.